The third-order valence-corrected chi connectivity index (χ3v) is 4.67. The fourth-order valence-corrected chi connectivity index (χ4v) is 3.61. The summed E-state index contributed by atoms with van der Waals surface area (Å²) in [5, 5.41) is 8.31. The first-order chi connectivity index (χ1) is 7.49. The molecule has 16 heavy (non-hydrogen) atoms. The largest absolute Gasteiger partial charge is 0.326 e. The van der Waals surface area contributed by atoms with E-state index in [0.717, 1.165) is 11.0 Å². The highest BCUT2D eigenvalue weighted by Gasteiger charge is 2.37. The van der Waals surface area contributed by atoms with Crippen LogP contribution < -0.4 is 5.73 Å². The normalized spacial score (nSPS) is 29.2. The summed E-state index contributed by atoms with van der Waals surface area (Å²) in [6, 6.07) is 0.227. The molecule has 5 heteroatoms. The van der Waals surface area contributed by atoms with Gasteiger partial charge in [0.05, 0.1) is 0 Å². The average molecular weight is 240 g/mol. The van der Waals surface area contributed by atoms with Gasteiger partial charge in [-0.25, -0.2) is 4.98 Å². The van der Waals surface area contributed by atoms with Crippen LogP contribution in [-0.4, -0.2) is 26.5 Å². The third kappa shape index (κ3) is 2.40. The summed E-state index contributed by atoms with van der Waals surface area (Å²) in [7, 11) is 0. The molecule has 2 rings (SSSR count). The van der Waals surface area contributed by atoms with Gasteiger partial charge in [0.1, 0.15) is 5.82 Å². The Labute approximate surface area is 101 Å². The second-order valence-electron chi connectivity index (χ2n) is 5.27. The first-order valence-corrected chi connectivity index (χ1v) is 6.68. The van der Waals surface area contributed by atoms with E-state index in [2.05, 4.69) is 29.0 Å². The van der Waals surface area contributed by atoms with Crippen LogP contribution in [0.25, 0.3) is 0 Å². The highest BCUT2D eigenvalue weighted by atomic mass is 32.2. The molecule has 1 aromatic rings. The monoisotopic (exact) mass is 240 g/mol. The fraction of sp³-hybridized carbons (Fsp3) is 0.818. The molecular formula is C11H20N4S. The first kappa shape index (κ1) is 11.9. The Balaban J connectivity index is 2.04. The summed E-state index contributed by atoms with van der Waals surface area (Å²) >= 11 is 1.72. The lowest BCUT2D eigenvalue weighted by atomic mass is 9.73. The summed E-state index contributed by atoms with van der Waals surface area (Å²) in [6.45, 7) is 6.43. The standard InChI is InChI=1S/C11H20N4S/c1-7-13-10(15-14-7)16-8-5-4-6-11(2,3)9(8)12/h8-9H,4-6,12H2,1-3H3,(H,13,14,15). The second-order valence-corrected chi connectivity index (χ2v) is 6.47. The molecule has 2 unspecified atom stereocenters. The first-order valence-electron chi connectivity index (χ1n) is 5.80. The van der Waals surface area contributed by atoms with Crippen LogP contribution in [0.2, 0.25) is 0 Å². The van der Waals surface area contributed by atoms with Gasteiger partial charge in [-0.3, -0.25) is 5.10 Å². The van der Waals surface area contributed by atoms with Crippen LogP contribution in [0.1, 0.15) is 38.9 Å². The minimum absolute atomic E-state index is 0.227. The zero-order valence-electron chi connectivity index (χ0n) is 10.2. The Morgan fingerprint density at radius 1 is 1.50 bits per heavy atom. The van der Waals surface area contributed by atoms with E-state index in [1.807, 2.05) is 6.92 Å². The van der Waals surface area contributed by atoms with Crippen LogP contribution in [0, 0.1) is 12.3 Å². The van der Waals surface area contributed by atoms with Gasteiger partial charge in [0.15, 0.2) is 0 Å². The fourth-order valence-electron chi connectivity index (χ4n) is 2.25. The van der Waals surface area contributed by atoms with E-state index in [1.165, 1.54) is 19.3 Å². The molecule has 1 aliphatic rings. The molecular weight excluding hydrogens is 220 g/mol. The molecule has 0 radical (unpaired) electrons. The number of H-pyrrole nitrogens is 1. The summed E-state index contributed by atoms with van der Waals surface area (Å²) < 4.78 is 0. The molecule has 1 saturated carbocycles. The van der Waals surface area contributed by atoms with E-state index in [9.17, 15) is 0 Å². The van der Waals surface area contributed by atoms with Crippen molar-refractivity contribution in [2.75, 3.05) is 0 Å². The van der Waals surface area contributed by atoms with E-state index in [4.69, 9.17) is 5.73 Å². The molecule has 4 nitrogen and oxygen atoms in total. The SMILES string of the molecule is Cc1nc(SC2CCCC(C)(C)C2N)n[nH]1. The van der Waals surface area contributed by atoms with Gasteiger partial charge >= 0.3 is 0 Å². The predicted octanol–water partition coefficient (Wildman–Crippen LogP) is 2.11. The lowest BCUT2D eigenvalue weighted by molar-refractivity contribution is 0.208. The molecule has 3 N–H and O–H groups in total. The quantitative estimate of drug-likeness (QED) is 0.831. The number of nitrogens with one attached hydrogen (secondary N) is 1. The molecule has 0 spiro atoms. The molecule has 0 amide bonds. The van der Waals surface area contributed by atoms with Crippen LogP contribution in [0.15, 0.2) is 5.16 Å². The summed E-state index contributed by atoms with van der Waals surface area (Å²) in [4.78, 5) is 4.33. The maximum atomic E-state index is 6.32. The van der Waals surface area contributed by atoms with Gasteiger partial charge in [0.25, 0.3) is 0 Å². The van der Waals surface area contributed by atoms with Crippen molar-refractivity contribution in [2.24, 2.45) is 11.1 Å². The summed E-state index contributed by atoms with van der Waals surface area (Å²) in [5.74, 6) is 0.867. The minimum Gasteiger partial charge on any atom is -0.326 e. The van der Waals surface area contributed by atoms with Gasteiger partial charge in [0, 0.05) is 11.3 Å². The van der Waals surface area contributed by atoms with E-state index >= 15 is 0 Å². The van der Waals surface area contributed by atoms with Crippen molar-refractivity contribution >= 4 is 11.8 Å². The minimum atomic E-state index is 0.227. The van der Waals surface area contributed by atoms with Crippen molar-refractivity contribution in [3.05, 3.63) is 5.82 Å². The maximum absolute atomic E-state index is 6.32. The third-order valence-electron chi connectivity index (χ3n) is 3.45. The van der Waals surface area contributed by atoms with Gasteiger partial charge in [0.2, 0.25) is 5.16 Å². The van der Waals surface area contributed by atoms with Gasteiger partial charge in [-0.15, -0.1) is 5.10 Å². The average Bonchev–Trinajstić information content (AvgIpc) is 2.59. The second kappa shape index (κ2) is 4.37. The van der Waals surface area contributed by atoms with E-state index in [1.54, 1.807) is 11.8 Å². The lowest BCUT2D eigenvalue weighted by Gasteiger charge is -2.41. The number of nitrogens with two attached hydrogens (primary N) is 1. The number of aromatic nitrogens is 3. The van der Waals surface area contributed by atoms with E-state index in [-0.39, 0.29) is 11.5 Å². The van der Waals surface area contributed by atoms with Crippen LogP contribution in [0.4, 0.5) is 0 Å². The molecule has 0 bridgehead atoms. The summed E-state index contributed by atoms with van der Waals surface area (Å²) in [5.41, 5.74) is 6.56. The van der Waals surface area contributed by atoms with Crippen molar-refractivity contribution in [3.8, 4) is 0 Å². The number of hydrogen-bond acceptors (Lipinski definition) is 4. The van der Waals surface area contributed by atoms with E-state index in [0.29, 0.717) is 5.25 Å². The van der Waals surface area contributed by atoms with Gasteiger partial charge in [-0.05, 0) is 25.2 Å². The van der Waals surface area contributed by atoms with Crippen molar-refractivity contribution in [2.45, 2.75) is 56.5 Å². The Morgan fingerprint density at radius 3 is 2.88 bits per heavy atom. The van der Waals surface area contributed by atoms with Crippen LogP contribution >= 0.6 is 11.8 Å². The lowest BCUT2D eigenvalue weighted by Crippen LogP contribution is -2.48. The molecule has 1 aliphatic carbocycles. The molecule has 0 aromatic carbocycles. The highest BCUT2D eigenvalue weighted by molar-refractivity contribution is 7.99. The number of nitrogens with zero attached hydrogens (tertiary/aromatic N) is 2. The molecule has 0 aliphatic heterocycles. The Bertz CT molecular complexity index is 361. The van der Waals surface area contributed by atoms with Gasteiger partial charge < -0.3 is 5.73 Å². The van der Waals surface area contributed by atoms with Crippen molar-refractivity contribution in [3.63, 3.8) is 0 Å². The molecule has 1 aromatic heterocycles. The van der Waals surface area contributed by atoms with Gasteiger partial charge in [-0.2, -0.15) is 0 Å². The van der Waals surface area contributed by atoms with Crippen LogP contribution in [0.3, 0.4) is 0 Å². The smallest absolute Gasteiger partial charge is 0.208 e. The number of aryl methyl sites for hydroxylation is 1. The Kier molecular flexibility index (Phi) is 3.26. The number of rotatable bonds is 2. The Hall–Kier alpha value is -0.550. The van der Waals surface area contributed by atoms with Crippen molar-refractivity contribution < 1.29 is 0 Å². The zero-order valence-corrected chi connectivity index (χ0v) is 11.0. The van der Waals surface area contributed by atoms with Crippen LogP contribution in [-0.2, 0) is 0 Å². The predicted molar refractivity (Wildman–Crippen MR) is 66.4 cm³/mol. The van der Waals surface area contributed by atoms with Crippen molar-refractivity contribution in [1.29, 1.82) is 0 Å². The topological polar surface area (TPSA) is 67.6 Å². The van der Waals surface area contributed by atoms with Crippen molar-refractivity contribution in [1.82, 2.24) is 15.2 Å². The number of thioether (sulfide) groups is 1. The number of hydrogen-bond donors (Lipinski definition) is 2. The Morgan fingerprint density at radius 2 is 2.25 bits per heavy atom. The molecule has 1 heterocycles. The van der Waals surface area contributed by atoms with Gasteiger partial charge in [-0.1, -0.05) is 32.0 Å². The summed E-state index contributed by atoms with van der Waals surface area (Å²) in [6.07, 6.45) is 3.64. The molecule has 90 valence electrons. The molecule has 0 saturated heterocycles. The van der Waals surface area contributed by atoms with Crippen LogP contribution in [0.5, 0.6) is 0 Å². The van der Waals surface area contributed by atoms with E-state index < -0.39 is 0 Å². The number of aromatic amines is 1. The zero-order chi connectivity index (χ0) is 11.8. The molecule has 2 atom stereocenters. The maximum Gasteiger partial charge on any atom is 0.208 e. The molecule has 1 fully saturated rings. The highest BCUT2D eigenvalue weighted by Crippen LogP contribution is 2.40.